The molecule has 0 aromatic carbocycles. The van der Waals surface area contributed by atoms with Gasteiger partial charge < -0.3 is 15.2 Å². The summed E-state index contributed by atoms with van der Waals surface area (Å²) in [6.45, 7) is 0.629. The van der Waals surface area contributed by atoms with Crippen molar-refractivity contribution in [3.63, 3.8) is 0 Å². The molecule has 0 bridgehead atoms. The van der Waals surface area contributed by atoms with Gasteiger partial charge in [-0.2, -0.15) is 0 Å². The lowest BCUT2D eigenvalue weighted by atomic mass is 9.66. The van der Waals surface area contributed by atoms with E-state index in [1.165, 1.54) is 0 Å². The Morgan fingerprint density at radius 1 is 1.21 bits per heavy atom. The monoisotopic (exact) mass is 269 g/mol. The first-order valence-electron chi connectivity index (χ1n) is 7.05. The smallest absolute Gasteiger partial charge is 0.310 e. The zero-order valence-corrected chi connectivity index (χ0v) is 11.5. The molecule has 0 spiro atoms. The maximum atomic E-state index is 12.1. The van der Waals surface area contributed by atoms with Gasteiger partial charge in [-0.25, -0.2) is 0 Å². The van der Waals surface area contributed by atoms with Crippen LogP contribution in [0.25, 0.3) is 0 Å². The number of methoxy groups -OCH3 is 1. The van der Waals surface area contributed by atoms with Gasteiger partial charge in [0.25, 0.3) is 0 Å². The van der Waals surface area contributed by atoms with Crippen LogP contribution in [0, 0.1) is 5.41 Å². The van der Waals surface area contributed by atoms with Crippen molar-refractivity contribution in [2.45, 2.75) is 56.9 Å². The van der Waals surface area contributed by atoms with E-state index in [1.54, 1.807) is 7.11 Å². The highest BCUT2D eigenvalue weighted by molar-refractivity contribution is 5.86. The summed E-state index contributed by atoms with van der Waals surface area (Å²) >= 11 is 0. The van der Waals surface area contributed by atoms with Crippen LogP contribution >= 0.6 is 0 Å². The quantitative estimate of drug-likeness (QED) is 0.737. The highest BCUT2D eigenvalue weighted by Gasteiger charge is 2.47. The van der Waals surface area contributed by atoms with E-state index in [-0.39, 0.29) is 17.9 Å². The summed E-state index contributed by atoms with van der Waals surface area (Å²) in [5.41, 5.74) is -0.938. The van der Waals surface area contributed by atoms with Gasteiger partial charge in [-0.05, 0) is 38.5 Å². The molecule has 108 valence electrons. The van der Waals surface area contributed by atoms with Crippen LogP contribution in [0.3, 0.4) is 0 Å². The van der Waals surface area contributed by atoms with E-state index < -0.39 is 11.4 Å². The van der Waals surface area contributed by atoms with E-state index in [4.69, 9.17) is 4.74 Å². The van der Waals surface area contributed by atoms with Gasteiger partial charge in [0.2, 0.25) is 5.91 Å². The first-order valence-corrected chi connectivity index (χ1v) is 7.05. The van der Waals surface area contributed by atoms with Gasteiger partial charge in [-0.3, -0.25) is 9.59 Å². The van der Waals surface area contributed by atoms with Gasteiger partial charge in [-0.15, -0.1) is 0 Å². The predicted molar refractivity (Wildman–Crippen MR) is 69.8 cm³/mol. The molecule has 2 N–H and O–H groups in total. The molecular weight excluding hydrogens is 246 g/mol. The Morgan fingerprint density at radius 2 is 1.84 bits per heavy atom. The van der Waals surface area contributed by atoms with Crippen LogP contribution in [0.4, 0.5) is 0 Å². The molecule has 2 saturated carbocycles. The average Bonchev–Trinajstić information content (AvgIpc) is 2.26. The number of carboxylic acid groups (broad SMARTS) is 1. The fourth-order valence-electron chi connectivity index (χ4n) is 3.06. The fourth-order valence-corrected chi connectivity index (χ4v) is 3.06. The molecule has 0 atom stereocenters. The number of nitrogens with one attached hydrogen (secondary N) is 1. The average molecular weight is 269 g/mol. The number of hydrogen-bond donors (Lipinski definition) is 2. The third-order valence-electron chi connectivity index (χ3n) is 4.76. The Bertz CT molecular complexity index is 358. The van der Waals surface area contributed by atoms with Gasteiger partial charge in [0.15, 0.2) is 0 Å². The fraction of sp³-hybridized carbons (Fsp3) is 0.857. The molecule has 1 amide bonds. The van der Waals surface area contributed by atoms with Crippen molar-refractivity contribution < 1.29 is 19.4 Å². The van der Waals surface area contributed by atoms with Crippen LogP contribution in [-0.4, -0.2) is 36.2 Å². The molecule has 0 saturated heterocycles. The predicted octanol–water partition coefficient (Wildman–Crippen LogP) is 1.71. The van der Waals surface area contributed by atoms with Gasteiger partial charge >= 0.3 is 5.97 Å². The third-order valence-corrected chi connectivity index (χ3v) is 4.76. The number of aliphatic carboxylic acids is 1. The molecule has 5 heteroatoms. The number of carbonyl (C=O) groups is 2. The van der Waals surface area contributed by atoms with E-state index in [9.17, 15) is 14.7 Å². The van der Waals surface area contributed by atoms with Crippen molar-refractivity contribution in [1.29, 1.82) is 0 Å². The maximum absolute atomic E-state index is 12.1. The van der Waals surface area contributed by atoms with E-state index in [0.29, 0.717) is 19.4 Å². The molecular formula is C14H23NO4. The molecule has 5 nitrogen and oxygen atoms in total. The Balaban J connectivity index is 1.88. The Morgan fingerprint density at radius 3 is 2.21 bits per heavy atom. The van der Waals surface area contributed by atoms with E-state index in [2.05, 4.69) is 5.32 Å². The van der Waals surface area contributed by atoms with Crippen molar-refractivity contribution >= 4 is 11.9 Å². The third kappa shape index (κ3) is 2.91. The highest BCUT2D eigenvalue weighted by atomic mass is 16.5. The Kier molecular flexibility index (Phi) is 4.13. The van der Waals surface area contributed by atoms with Crippen molar-refractivity contribution in [3.05, 3.63) is 0 Å². The summed E-state index contributed by atoms with van der Waals surface area (Å²) in [4.78, 5) is 23.4. The van der Waals surface area contributed by atoms with E-state index >= 15 is 0 Å². The summed E-state index contributed by atoms with van der Waals surface area (Å²) in [5, 5.41) is 12.3. The molecule has 0 unspecified atom stereocenters. The molecule has 0 aromatic heterocycles. The summed E-state index contributed by atoms with van der Waals surface area (Å²) < 4.78 is 5.08. The summed E-state index contributed by atoms with van der Waals surface area (Å²) in [7, 11) is 1.65. The molecule has 0 aromatic rings. The number of amides is 1. The number of ether oxygens (including phenoxy) is 1. The number of hydrogen-bond acceptors (Lipinski definition) is 3. The lowest BCUT2D eigenvalue weighted by Gasteiger charge is -2.44. The lowest BCUT2D eigenvalue weighted by molar-refractivity contribution is -0.158. The highest BCUT2D eigenvalue weighted by Crippen LogP contribution is 2.44. The van der Waals surface area contributed by atoms with Crippen molar-refractivity contribution in [2.24, 2.45) is 5.41 Å². The number of carbonyl (C=O) groups excluding carboxylic acids is 1. The van der Waals surface area contributed by atoms with Crippen molar-refractivity contribution in [1.82, 2.24) is 5.32 Å². The minimum atomic E-state index is -0.826. The molecule has 0 heterocycles. The molecule has 2 fully saturated rings. The second-order valence-corrected chi connectivity index (χ2v) is 6.04. The maximum Gasteiger partial charge on any atom is 0.310 e. The van der Waals surface area contributed by atoms with Gasteiger partial charge in [0.1, 0.15) is 0 Å². The summed E-state index contributed by atoms with van der Waals surface area (Å²) in [5.74, 6) is -0.939. The largest absolute Gasteiger partial charge is 0.481 e. The van der Waals surface area contributed by atoms with Crippen molar-refractivity contribution in [2.75, 3.05) is 13.7 Å². The minimum absolute atomic E-state index is 0.113. The number of carboxylic acids is 1. The topological polar surface area (TPSA) is 75.6 Å². The van der Waals surface area contributed by atoms with Crippen LogP contribution in [0.15, 0.2) is 0 Å². The molecule has 2 rings (SSSR count). The molecule has 2 aliphatic carbocycles. The molecule has 2 aliphatic rings. The lowest BCUT2D eigenvalue weighted by Crippen LogP contribution is -2.55. The summed E-state index contributed by atoms with van der Waals surface area (Å²) in [6.07, 6.45) is 6.17. The standard InChI is InChI=1S/C14H23NO4/c1-19-9-8-14(6-3-7-14)15-11(16)10-13(12(17)18)4-2-5-13/h2-10H2,1H3,(H,15,16)(H,17,18). The van der Waals surface area contributed by atoms with Crippen LogP contribution in [0.1, 0.15) is 51.4 Å². The van der Waals surface area contributed by atoms with Gasteiger partial charge in [0, 0.05) is 25.7 Å². The second-order valence-electron chi connectivity index (χ2n) is 6.04. The van der Waals surface area contributed by atoms with Crippen LogP contribution in [0.2, 0.25) is 0 Å². The first-order chi connectivity index (χ1) is 9.02. The SMILES string of the molecule is COCCC1(NC(=O)CC2(C(=O)O)CCC2)CCC1. The summed E-state index contributed by atoms with van der Waals surface area (Å²) in [6, 6.07) is 0. The van der Waals surface area contributed by atoms with Crippen LogP contribution in [-0.2, 0) is 14.3 Å². The Hall–Kier alpha value is -1.10. The van der Waals surface area contributed by atoms with Crippen LogP contribution < -0.4 is 5.32 Å². The zero-order valence-electron chi connectivity index (χ0n) is 11.5. The Labute approximate surface area is 113 Å². The van der Waals surface area contributed by atoms with Gasteiger partial charge in [-0.1, -0.05) is 6.42 Å². The normalized spacial score (nSPS) is 23.0. The minimum Gasteiger partial charge on any atom is -0.481 e. The zero-order chi connectivity index (χ0) is 13.9. The van der Waals surface area contributed by atoms with E-state index in [0.717, 1.165) is 32.1 Å². The second kappa shape index (κ2) is 5.49. The van der Waals surface area contributed by atoms with E-state index in [1.807, 2.05) is 0 Å². The molecule has 0 radical (unpaired) electrons. The van der Waals surface area contributed by atoms with Crippen LogP contribution in [0.5, 0.6) is 0 Å². The molecule has 0 aliphatic heterocycles. The number of rotatable bonds is 7. The van der Waals surface area contributed by atoms with Gasteiger partial charge in [0.05, 0.1) is 5.41 Å². The van der Waals surface area contributed by atoms with Crippen molar-refractivity contribution in [3.8, 4) is 0 Å². The first kappa shape index (κ1) is 14.3. The molecule has 19 heavy (non-hydrogen) atoms.